The van der Waals surface area contributed by atoms with E-state index in [-0.39, 0.29) is 6.67 Å². The fourth-order valence-corrected chi connectivity index (χ4v) is 2.02. The van der Waals surface area contributed by atoms with Crippen LogP contribution in [0.25, 0.3) is 0 Å². The third-order valence-electron chi connectivity index (χ3n) is 1.35. The zero-order valence-electron chi connectivity index (χ0n) is 6.60. The van der Waals surface area contributed by atoms with Crippen molar-refractivity contribution in [3.05, 3.63) is 0 Å². The van der Waals surface area contributed by atoms with E-state index >= 15 is 0 Å². The summed E-state index contributed by atoms with van der Waals surface area (Å²) in [5, 5.41) is 0. The Labute approximate surface area is 63.2 Å². The summed E-state index contributed by atoms with van der Waals surface area (Å²) in [5.74, 6) is 0. The van der Waals surface area contributed by atoms with Crippen LogP contribution in [0.15, 0.2) is 0 Å². The van der Waals surface area contributed by atoms with Gasteiger partial charge in [-0.15, -0.1) is 0 Å². The molecule has 0 rings (SSSR count). The molecule has 0 radical (unpaired) electrons. The molecule has 0 bridgehead atoms. The van der Waals surface area contributed by atoms with Crippen molar-refractivity contribution in [2.75, 3.05) is 20.9 Å². The van der Waals surface area contributed by atoms with Gasteiger partial charge in [-0.05, 0) is 18.9 Å². The smallest absolute Gasteiger partial charge is 0.320 e. The largest absolute Gasteiger partial charge is 0.400 e. The minimum atomic E-state index is -1.39. The Morgan fingerprint density at radius 1 is 1.20 bits per heavy atom. The molecule has 0 N–H and O–H groups in total. The summed E-state index contributed by atoms with van der Waals surface area (Å²) in [6.45, 7) is -0.228. The fourth-order valence-electron chi connectivity index (χ4n) is 0.737. The molecule has 62 valence electrons. The predicted molar refractivity (Wildman–Crippen MR) is 41.2 cm³/mol. The van der Waals surface area contributed by atoms with Crippen LogP contribution in [-0.4, -0.2) is 30.2 Å². The monoisotopic (exact) mass is 166 g/mol. The van der Waals surface area contributed by atoms with Crippen molar-refractivity contribution in [3.8, 4) is 0 Å². The Hall–Kier alpha value is 0.0669. The molecule has 0 aliphatic heterocycles. The highest BCUT2D eigenvalue weighted by atomic mass is 28.3. The number of alkyl halides is 1. The molecule has 4 heteroatoms. The van der Waals surface area contributed by atoms with Gasteiger partial charge in [-0.25, -0.2) is 0 Å². The van der Waals surface area contributed by atoms with Gasteiger partial charge in [0.2, 0.25) is 0 Å². The van der Waals surface area contributed by atoms with Crippen molar-refractivity contribution >= 4 is 9.28 Å². The van der Waals surface area contributed by atoms with Crippen LogP contribution in [0.3, 0.4) is 0 Å². The lowest BCUT2D eigenvalue weighted by Crippen LogP contribution is -2.18. The fraction of sp³-hybridized carbons (Fsp3) is 1.00. The zero-order valence-corrected chi connectivity index (χ0v) is 7.75. The van der Waals surface area contributed by atoms with E-state index < -0.39 is 9.28 Å². The standard InChI is InChI=1S/C6H15FO2Si/c1-8-10(9-2)6-4-3-5-7/h10H,3-6H2,1-2H3. The molecule has 0 aliphatic rings. The molecule has 0 atom stereocenters. The third kappa shape index (κ3) is 4.90. The lowest BCUT2D eigenvalue weighted by Gasteiger charge is -2.08. The van der Waals surface area contributed by atoms with E-state index in [4.69, 9.17) is 8.85 Å². The second-order valence-electron chi connectivity index (χ2n) is 2.09. The first-order chi connectivity index (χ1) is 4.85. The van der Waals surface area contributed by atoms with Gasteiger partial charge in [0, 0.05) is 14.2 Å². The minimum Gasteiger partial charge on any atom is -0.400 e. The van der Waals surface area contributed by atoms with Gasteiger partial charge in [0.25, 0.3) is 0 Å². The van der Waals surface area contributed by atoms with Crippen LogP contribution in [0.1, 0.15) is 12.8 Å². The van der Waals surface area contributed by atoms with E-state index in [1.54, 1.807) is 14.2 Å². The minimum absolute atomic E-state index is 0.228. The van der Waals surface area contributed by atoms with Crippen molar-refractivity contribution in [3.63, 3.8) is 0 Å². The van der Waals surface area contributed by atoms with E-state index in [1.165, 1.54) is 0 Å². The average molecular weight is 166 g/mol. The molecule has 0 spiro atoms. The third-order valence-corrected chi connectivity index (χ3v) is 3.28. The van der Waals surface area contributed by atoms with Crippen LogP contribution in [0.4, 0.5) is 4.39 Å². The summed E-state index contributed by atoms with van der Waals surface area (Å²) >= 11 is 0. The highest BCUT2D eigenvalue weighted by Gasteiger charge is 2.07. The van der Waals surface area contributed by atoms with E-state index in [9.17, 15) is 4.39 Å². The SMILES string of the molecule is CO[SiH](CCCCF)OC. The molecule has 0 saturated carbocycles. The van der Waals surface area contributed by atoms with Crippen LogP contribution in [0, 0.1) is 0 Å². The van der Waals surface area contributed by atoms with Gasteiger partial charge >= 0.3 is 9.28 Å². The quantitative estimate of drug-likeness (QED) is 0.437. The Bertz CT molecular complexity index is 68.8. The lowest BCUT2D eigenvalue weighted by atomic mass is 10.4. The number of halogens is 1. The summed E-state index contributed by atoms with van der Waals surface area (Å²) in [6.07, 6.45) is 1.52. The van der Waals surface area contributed by atoms with Gasteiger partial charge in [-0.2, -0.15) is 0 Å². The summed E-state index contributed by atoms with van der Waals surface area (Å²) in [4.78, 5) is 0. The lowest BCUT2D eigenvalue weighted by molar-refractivity contribution is 0.275. The number of rotatable bonds is 6. The normalized spacial score (nSPS) is 10.8. The molecule has 0 aromatic heterocycles. The Kier molecular flexibility index (Phi) is 7.23. The van der Waals surface area contributed by atoms with E-state index in [0.29, 0.717) is 6.42 Å². The molecule has 0 aromatic carbocycles. The van der Waals surface area contributed by atoms with Crippen molar-refractivity contribution in [1.29, 1.82) is 0 Å². The molecule has 0 amide bonds. The van der Waals surface area contributed by atoms with Gasteiger partial charge < -0.3 is 8.85 Å². The molecule has 0 heterocycles. The molecule has 2 nitrogen and oxygen atoms in total. The van der Waals surface area contributed by atoms with E-state index in [0.717, 1.165) is 12.5 Å². The summed E-state index contributed by atoms with van der Waals surface area (Å²) < 4.78 is 21.7. The molecule has 0 fully saturated rings. The second kappa shape index (κ2) is 7.18. The van der Waals surface area contributed by atoms with Crippen molar-refractivity contribution in [1.82, 2.24) is 0 Å². The second-order valence-corrected chi connectivity index (χ2v) is 4.47. The molecule has 0 aromatic rings. The Balaban J connectivity index is 3.09. The topological polar surface area (TPSA) is 18.5 Å². The van der Waals surface area contributed by atoms with Gasteiger partial charge in [0.15, 0.2) is 0 Å². The van der Waals surface area contributed by atoms with Gasteiger partial charge in [0.05, 0.1) is 6.67 Å². The first kappa shape index (κ1) is 10.1. The average Bonchev–Trinajstić information content (AvgIpc) is 1.99. The molecule has 10 heavy (non-hydrogen) atoms. The van der Waals surface area contributed by atoms with E-state index in [1.807, 2.05) is 0 Å². The predicted octanol–water partition coefficient (Wildman–Crippen LogP) is 1.25. The maximum Gasteiger partial charge on any atom is 0.320 e. The van der Waals surface area contributed by atoms with Crippen LogP contribution >= 0.6 is 0 Å². The van der Waals surface area contributed by atoms with Gasteiger partial charge in [-0.3, -0.25) is 4.39 Å². The number of hydrogen-bond acceptors (Lipinski definition) is 2. The van der Waals surface area contributed by atoms with Crippen molar-refractivity contribution in [2.45, 2.75) is 18.9 Å². The first-order valence-corrected chi connectivity index (χ1v) is 5.22. The summed E-state index contributed by atoms with van der Waals surface area (Å²) in [5.41, 5.74) is 0. The molecule has 0 aliphatic carbocycles. The van der Waals surface area contributed by atoms with E-state index in [2.05, 4.69) is 0 Å². The van der Waals surface area contributed by atoms with Crippen LogP contribution in [0.5, 0.6) is 0 Å². The number of hydrogen-bond donors (Lipinski definition) is 0. The van der Waals surface area contributed by atoms with Gasteiger partial charge in [-0.1, -0.05) is 0 Å². The molecule has 0 saturated heterocycles. The number of unbranched alkanes of at least 4 members (excludes halogenated alkanes) is 1. The van der Waals surface area contributed by atoms with Crippen LogP contribution < -0.4 is 0 Å². The van der Waals surface area contributed by atoms with Crippen molar-refractivity contribution in [2.24, 2.45) is 0 Å². The highest BCUT2D eigenvalue weighted by molar-refractivity contribution is 6.44. The van der Waals surface area contributed by atoms with Gasteiger partial charge in [0.1, 0.15) is 0 Å². The maximum atomic E-state index is 11.6. The summed E-state index contributed by atoms with van der Waals surface area (Å²) in [6, 6.07) is 0.914. The van der Waals surface area contributed by atoms with Crippen LogP contribution in [0.2, 0.25) is 6.04 Å². The Morgan fingerprint density at radius 2 is 1.80 bits per heavy atom. The summed E-state index contributed by atoms with van der Waals surface area (Å²) in [7, 11) is 1.91. The highest BCUT2D eigenvalue weighted by Crippen LogP contribution is 2.02. The molecular formula is C6H15FO2Si. The zero-order chi connectivity index (χ0) is 7.82. The molecular weight excluding hydrogens is 151 g/mol. The first-order valence-electron chi connectivity index (χ1n) is 3.46. The molecule has 0 unspecified atom stereocenters. The Morgan fingerprint density at radius 3 is 2.20 bits per heavy atom. The maximum absolute atomic E-state index is 11.6. The van der Waals surface area contributed by atoms with Crippen molar-refractivity contribution < 1.29 is 13.2 Å². The van der Waals surface area contributed by atoms with Crippen LogP contribution in [-0.2, 0) is 8.85 Å².